The van der Waals surface area contributed by atoms with Gasteiger partial charge >= 0.3 is 5.97 Å². The molecule has 0 aromatic carbocycles. The van der Waals surface area contributed by atoms with Crippen LogP contribution >= 0.6 is 11.3 Å². The van der Waals surface area contributed by atoms with Crippen LogP contribution in [0.2, 0.25) is 0 Å². The molecular formula is C27H37N3O4S. The number of hydrogen-bond acceptors (Lipinski definition) is 6. The summed E-state index contributed by atoms with van der Waals surface area (Å²) >= 11 is 1.30. The highest BCUT2D eigenvalue weighted by Gasteiger charge is 2.38. The lowest BCUT2D eigenvalue weighted by molar-refractivity contribution is -0.124. The van der Waals surface area contributed by atoms with Crippen LogP contribution in [0.1, 0.15) is 93.6 Å². The summed E-state index contributed by atoms with van der Waals surface area (Å²) in [5, 5.41) is 10.1. The second kappa shape index (κ2) is 10.6. The minimum absolute atomic E-state index is 0.0157. The molecule has 190 valence electrons. The molecule has 35 heavy (non-hydrogen) atoms. The Bertz CT molecular complexity index is 1020. The molecule has 2 aromatic heterocycles. The van der Waals surface area contributed by atoms with Gasteiger partial charge < -0.3 is 14.7 Å². The Kier molecular flexibility index (Phi) is 7.79. The molecule has 1 amide bonds. The van der Waals surface area contributed by atoms with Gasteiger partial charge in [0.2, 0.25) is 11.8 Å². The number of rotatable bonds is 6. The van der Waals surface area contributed by atoms with E-state index >= 15 is 0 Å². The maximum atomic E-state index is 14.0. The van der Waals surface area contributed by atoms with Crippen molar-refractivity contribution < 1.29 is 19.4 Å². The minimum Gasteiger partial charge on any atom is -0.477 e. The molecule has 2 aromatic rings. The number of carboxylic acids is 1. The average molecular weight is 500 g/mol. The van der Waals surface area contributed by atoms with Gasteiger partial charge in [0.1, 0.15) is 11.0 Å². The lowest BCUT2D eigenvalue weighted by Crippen LogP contribution is -2.47. The standard InChI is InChI=1S/C27H37N3O4S/c1-17-5-7-18(8-6-17)25(31)30(21-15-22(27(2,3)4)35-24(21)26(32)33)19-9-11-20(12-10-19)34-23-16-28-13-14-29-23/h13-20H,5-12H2,1-4H3,(H,32,33)/t17-,18-,19-,20-. The molecule has 2 heterocycles. The van der Waals surface area contributed by atoms with Crippen LogP contribution in [0.15, 0.2) is 24.7 Å². The van der Waals surface area contributed by atoms with Crippen molar-refractivity contribution in [1.82, 2.24) is 9.97 Å². The van der Waals surface area contributed by atoms with Gasteiger partial charge in [0, 0.05) is 29.2 Å². The number of thiophene rings is 1. The summed E-state index contributed by atoms with van der Waals surface area (Å²) in [7, 11) is 0. The van der Waals surface area contributed by atoms with Crippen LogP contribution < -0.4 is 9.64 Å². The Morgan fingerprint density at radius 1 is 1.06 bits per heavy atom. The second-order valence-electron chi connectivity index (χ2n) is 11.1. The van der Waals surface area contributed by atoms with Gasteiger partial charge in [-0.2, -0.15) is 0 Å². The highest BCUT2D eigenvalue weighted by atomic mass is 32.1. The molecular weight excluding hydrogens is 462 g/mol. The van der Waals surface area contributed by atoms with Crippen molar-refractivity contribution in [2.75, 3.05) is 4.90 Å². The van der Waals surface area contributed by atoms with Crippen LogP contribution in [-0.4, -0.2) is 39.1 Å². The van der Waals surface area contributed by atoms with Crippen molar-refractivity contribution in [2.45, 2.75) is 96.6 Å². The topological polar surface area (TPSA) is 92.6 Å². The van der Waals surface area contributed by atoms with Gasteiger partial charge in [0.25, 0.3) is 0 Å². The first-order chi connectivity index (χ1) is 16.6. The molecule has 7 nitrogen and oxygen atoms in total. The van der Waals surface area contributed by atoms with Crippen LogP contribution in [0.5, 0.6) is 5.88 Å². The number of aromatic carboxylic acids is 1. The Morgan fingerprint density at radius 2 is 1.74 bits per heavy atom. The number of nitrogens with zero attached hydrogens (tertiary/aromatic N) is 3. The first-order valence-corrected chi connectivity index (χ1v) is 13.6. The van der Waals surface area contributed by atoms with E-state index in [1.165, 1.54) is 11.3 Å². The third-order valence-electron chi connectivity index (χ3n) is 7.34. The third-order valence-corrected chi connectivity index (χ3v) is 8.88. The SMILES string of the molecule is CC(C)(C)c1cc(N(C(=O)[C@H]2CC[C@H](C)CC2)[C@H]2CC[C@H](Oc3cnccn3)CC2)c(C(=O)O)s1. The number of anilines is 1. The summed E-state index contributed by atoms with van der Waals surface area (Å²) in [6.45, 7) is 8.49. The zero-order valence-electron chi connectivity index (χ0n) is 21.2. The van der Waals surface area contributed by atoms with Gasteiger partial charge in [-0.25, -0.2) is 9.78 Å². The monoisotopic (exact) mass is 499 g/mol. The Morgan fingerprint density at radius 3 is 2.31 bits per heavy atom. The lowest BCUT2D eigenvalue weighted by atomic mass is 9.81. The summed E-state index contributed by atoms with van der Waals surface area (Å²) < 4.78 is 6.02. The molecule has 0 atom stereocenters. The normalized spacial score (nSPS) is 25.1. The molecule has 8 heteroatoms. The van der Waals surface area contributed by atoms with E-state index in [4.69, 9.17) is 4.74 Å². The molecule has 0 radical (unpaired) electrons. The molecule has 0 saturated heterocycles. The van der Waals surface area contributed by atoms with Gasteiger partial charge in [-0.3, -0.25) is 9.78 Å². The van der Waals surface area contributed by atoms with Crippen LogP contribution in [0.25, 0.3) is 0 Å². The number of carbonyl (C=O) groups excluding carboxylic acids is 1. The summed E-state index contributed by atoms with van der Waals surface area (Å²) in [5.41, 5.74) is 0.388. The molecule has 2 aliphatic carbocycles. The zero-order chi connectivity index (χ0) is 25.2. The molecule has 1 N–H and O–H groups in total. The summed E-state index contributed by atoms with van der Waals surface area (Å²) in [5.74, 6) is 0.246. The smallest absolute Gasteiger partial charge is 0.348 e. The molecule has 0 unspecified atom stereocenters. The first kappa shape index (κ1) is 25.6. The molecule has 0 spiro atoms. The van der Waals surface area contributed by atoms with Crippen molar-refractivity contribution in [1.29, 1.82) is 0 Å². The number of ether oxygens (including phenoxy) is 1. The number of aromatic nitrogens is 2. The van der Waals surface area contributed by atoms with Crippen molar-refractivity contribution >= 4 is 28.9 Å². The first-order valence-electron chi connectivity index (χ1n) is 12.8. The molecule has 0 bridgehead atoms. The molecule has 2 saturated carbocycles. The van der Waals surface area contributed by atoms with Crippen LogP contribution in [-0.2, 0) is 10.2 Å². The number of amides is 1. The average Bonchev–Trinajstić information content (AvgIpc) is 3.27. The number of carboxylic acid groups (broad SMARTS) is 1. The Hall–Kier alpha value is -2.48. The fourth-order valence-electron chi connectivity index (χ4n) is 5.22. The van der Waals surface area contributed by atoms with Crippen molar-refractivity contribution in [3.8, 4) is 5.88 Å². The Labute approximate surface area is 211 Å². The molecule has 0 aliphatic heterocycles. The number of carbonyl (C=O) groups is 2. The van der Waals surface area contributed by atoms with E-state index in [9.17, 15) is 14.7 Å². The second-order valence-corrected chi connectivity index (χ2v) is 12.2. The summed E-state index contributed by atoms with van der Waals surface area (Å²) in [4.78, 5) is 37.7. The summed E-state index contributed by atoms with van der Waals surface area (Å²) in [6, 6.07) is 1.92. The van der Waals surface area contributed by atoms with Gasteiger partial charge in [-0.1, -0.05) is 27.7 Å². The maximum Gasteiger partial charge on any atom is 0.348 e. The van der Waals surface area contributed by atoms with E-state index in [0.29, 0.717) is 17.5 Å². The van der Waals surface area contributed by atoms with E-state index < -0.39 is 5.97 Å². The predicted octanol–water partition coefficient (Wildman–Crippen LogP) is 6.08. The third kappa shape index (κ3) is 6.02. The van der Waals surface area contributed by atoms with E-state index in [2.05, 4.69) is 37.7 Å². The molecule has 2 aliphatic rings. The van der Waals surface area contributed by atoms with Gasteiger partial charge in [-0.05, 0) is 68.8 Å². The highest BCUT2D eigenvalue weighted by molar-refractivity contribution is 7.14. The molecule has 2 fully saturated rings. The van der Waals surface area contributed by atoms with E-state index in [0.717, 1.165) is 56.2 Å². The van der Waals surface area contributed by atoms with E-state index in [-0.39, 0.29) is 34.3 Å². The van der Waals surface area contributed by atoms with Gasteiger partial charge in [-0.15, -0.1) is 11.3 Å². The van der Waals surface area contributed by atoms with E-state index in [1.807, 2.05) is 11.0 Å². The Balaban J connectivity index is 1.60. The van der Waals surface area contributed by atoms with Crippen molar-refractivity contribution in [3.63, 3.8) is 0 Å². The van der Waals surface area contributed by atoms with Crippen molar-refractivity contribution in [3.05, 3.63) is 34.4 Å². The summed E-state index contributed by atoms with van der Waals surface area (Å²) in [6.07, 6.45) is 11.8. The van der Waals surface area contributed by atoms with Crippen LogP contribution in [0, 0.1) is 11.8 Å². The van der Waals surface area contributed by atoms with Crippen molar-refractivity contribution in [2.24, 2.45) is 11.8 Å². The minimum atomic E-state index is -0.963. The lowest BCUT2D eigenvalue weighted by Gasteiger charge is -2.39. The number of hydrogen-bond donors (Lipinski definition) is 1. The zero-order valence-corrected chi connectivity index (χ0v) is 22.0. The predicted molar refractivity (Wildman–Crippen MR) is 137 cm³/mol. The van der Waals surface area contributed by atoms with Gasteiger partial charge in [0.05, 0.1) is 11.9 Å². The van der Waals surface area contributed by atoms with Crippen LogP contribution in [0.4, 0.5) is 5.69 Å². The maximum absolute atomic E-state index is 14.0. The molecule has 4 rings (SSSR count). The van der Waals surface area contributed by atoms with E-state index in [1.54, 1.807) is 18.6 Å². The fourth-order valence-corrected chi connectivity index (χ4v) is 6.27. The quantitative estimate of drug-likeness (QED) is 0.517. The highest BCUT2D eigenvalue weighted by Crippen LogP contribution is 2.42. The largest absolute Gasteiger partial charge is 0.477 e. The van der Waals surface area contributed by atoms with Gasteiger partial charge in [0.15, 0.2) is 0 Å². The fraction of sp³-hybridized carbons (Fsp3) is 0.630. The van der Waals surface area contributed by atoms with Crippen LogP contribution in [0.3, 0.4) is 0 Å².